The van der Waals surface area contributed by atoms with Crippen LogP contribution in [-0.4, -0.2) is 29.9 Å². The molecule has 0 spiro atoms. The predicted molar refractivity (Wildman–Crippen MR) is 65.8 cm³/mol. The number of carbonyl (C=O) groups excluding carboxylic acids is 3. The SMILES string of the molecule is N[C@@H](CC(=O)[O-])C(=O)N[C@@H](Cc1ccccc1)C(=O)[O-].[Cl-].[Cl-].[H-].[K+].[K+].[K+].[K+].[Na+]. The van der Waals surface area contributed by atoms with E-state index in [1.165, 1.54) is 0 Å². The molecule has 2 atom stereocenters. The van der Waals surface area contributed by atoms with Crippen molar-refractivity contribution in [1.82, 2.24) is 5.32 Å². The molecule has 1 aromatic carbocycles. The van der Waals surface area contributed by atoms with Crippen molar-refractivity contribution in [3.63, 3.8) is 0 Å². The van der Waals surface area contributed by atoms with E-state index in [1.54, 1.807) is 30.3 Å². The molecule has 1 amide bonds. The van der Waals surface area contributed by atoms with E-state index in [9.17, 15) is 24.6 Å². The summed E-state index contributed by atoms with van der Waals surface area (Å²) in [6, 6.07) is 5.98. The van der Waals surface area contributed by atoms with Crippen LogP contribution >= 0.6 is 0 Å². The number of amides is 1. The first kappa shape index (κ1) is 49.8. The molecule has 126 valence electrons. The summed E-state index contributed by atoms with van der Waals surface area (Å²) in [4.78, 5) is 32.9. The van der Waals surface area contributed by atoms with Crippen molar-refractivity contribution in [2.45, 2.75) is 24.9 Å². The number of aliphatic carboxylic acids is 2. The standard InChI is InChI=1S/C13H16N2O5.2ClH.4K.Na.H/c14-9(7-11(16)17)12(18)15-10(13(19)20)6-8-4-2-1-3-5-8;;;;;;;;/h1-5,9-10H,6-7,14H2,(H,15,18)(H,16,17)(H,19,20);2*1H;;;;;;/q;;;5*+1;-1/p-4/t9-,10-;;;;;;;;/m0......../s1. The number of benzene rings is 1. The first-order chi connectivity index (χ1) is 9.40. The molecule has 0 aromatic heterocycles. The minimum Gasteiger partial charge on any atom is -1.00 e. The van der Waals surface area contributed by atoms with Gasteiger partial charge in [0.05, 0.1) is 18.1 Å². The number of nitrogens with one attached hydrogen (secondary N) is 1. The van der Waals surface area contributed by atoms with Gasteiger partial charge >= 0.3 is 235 Å². The molecular formula is C13H15Cl2K4N2NaO5. The number of carbonyl (C=O) groups is 3. The van der Waals surface area contributed by atoms with E-state index in [1.807, 2.05) is 0 Å². The van der Waals surface area contributed by atoms with Crippen LogP contribution in [0.3, 0.4) is 0 Å². The van der Waals surface area contributed by atoms with Crippen molar-refractivity contribution in [2.75, 3.05) is 0 Å². The monoisotopic (exact) mass is 528 g/mol. The Morgan fingerprint density at radius 1 is 1.00 bits per heavy atom. The van der Waals surface area contributed by atoms with E-state index in [0.29, 0.717) is 5.56 Å². The Morgan fingerprint density at radius 3 is 1.81 bits per heavy atom. The Balaban J connectivity index is -0.0000000833. The van der Waals surface area contributed by atoms with Gasteiger partial charge in [0.2, 0.25) is 5.91 Å². The van der Waals surface area contributed by atoms with E-state index in [2.05, 4.69) is 5.32 Å². The molecule has 0 radical (unpaired) electrons. The normalized spacial score (nSPS) is 9.81. The minimum atomic E-state index is -1.49. The first-order valence-electron chi connectivity index (χ1n) is 5.90. The van der Waals surface area contributed by atoms with Gasteiger partial charge in [-0.1, -0.05) is 30.3 Å². The van der Waals surface area contributed by atoms with E-state index < -0.39 is 36.4 Å². The minimum absolute atomic E-state index is 0. The van der Waals surface area contributed by atoms with Gasteiger partial charge in [-0.2, -0.15) is 0 Å². The Morgan fingerprint density at radius 2 is 1.44 bits per heavy atom. The second-order valence-electron chi connectivity index (χ2n) is 4.25. The summed E-state index contributed by atoms with van der Waals surface area (Å²) in [6.45, 7) is 0. The third-order valence-corrected chi connectivity index (χ3v) is 2.61. The summed E-state index contributed by atoms with van der Waals surface area (Å²) in [6.07, 6.45) is -0.663. The van der Waals surface area contributed by atoms with Gasteiger partial charge in [0, 0.05) is 12.4 Å². The molecule has 0 saturated carbocycles. The molecule has 3 N–H and O–H groups in total. The average Bonchev–Trinajstić information content (AvgIpc) is 2.38. The van der Waals surface area contributed by atoms with Gasteiger partial charge in [0.15, 0.2) is 0 Å². The van der Waals surface area contributed by atoms with Gasteiger partial charge in [-0.05, 0) is 12.0 Å². The Labute approximate surface area is 365 Å². The van der Waals surface area contributed by atoms with Crippen molar-refractivity contribution < 1.29 is 286 Å². The van der Waals surface area contributed by atoms with Crippen LogP contribution in [0, 0.1) is 0 Å². The molecule has 0 heterocycles. The second kappa shape index (κ2) is 29.7. The molecule has 1 aromatic rings. The molecule has 0 unspecified atom stereocenters. The van der Waals surface area contributed by atoms with E-state index in [-0.39, 0.29) is 268 Å². The Kier molecular flexibility index (Phi) is 54.8. The van der Waals surface area contributed by atoms with Crippen molar-refractivity contribution in [1.29, 1.82) is 0 Å². The molecule has 0 saturated heterocycles. The van der Waals surface area contributed by atoms with Crippen molar-refractivity contribution >= 4 is 17.8 Å². The number of hydrogen-bond donors (Lipinski definition) is 2. The van der Waals surface area contributed by atoms with Gasteiger partial charge in [-0.3, -0.25) is 4.79 Å². The largest absolute Gasteiger partial charge is 1.00 e. The van der Waals surface area contributed by atoms with Gasteiger partial charge in [-0.25, -0.2) is 0 Å². The zero-order chi connectivity index (χ0) is 15.1. The molecule has 0 aliphatic carbocycles. The van der Waals surface area contributed by atoms with Crippen LogP contribution in [0.1, 0.15) is 13.4 Å². The summed E-state index contributed by atoms with van der Waals surface area (Å²) >= 11 is 0. The summed E-state index contributed by atoms with van der Waals surface area (Å²) in [5.41, 5.74) is 6.00. The van der Waals surface area contributed by atoms with Crippen molar-refractivity contribution in [3.8, 4) is 0 Å². The zero-order valence-corrected chi connectivity index (χ0v) is 32.3. The molecular weight excluding hydrogens is 514 g/mol. The zero-order valence-electron chi connectivity index (χ0n) is 17.3. The van der Waals surface area contributed by atoms with Gasteiger partial charge in [0.25, 0.3) is 0 Å². The number of carboxylic acid groups (broad SMARTS) is 2. The fourth-order valence-corrected chi connectivity index (χ4v) is 1.59. The average molecular weight is 530 g/mol. The Hall–Kier alpha value is 5.72. The quantitative estimate of drug-likeness (QED) is 0.337. The Bertz CT molecular complexity index is 527. The van der Waals surface area contributed by atoms with E-state index in [4.69, 9.17) is 5.73 Å². The van der Waals surface area contributed by atoms with Crippen molar-refractivity contribution in [3.05, 3.63) is 35.9 Å². The molecule has 27 heavy (non-hydrogen) atoms. The molecule has 0 fully saturated rings. The molecule has 0 aliphatic rings. The molecule has 0 bridgehead atoms. The van der Waals surface area contributed by atoms with Gasteiger partial charge in [0.1, 0.15) is 0 Å². The summed E-state index contributed by atoms with van der Waals surface area (Å²) in [5, 5.41) is 23.5. The number of hydrogen-bond acceptors (Lipinski definition) is 6. The third-order valence-electron chi connectivity index (χ3n) is 2.61. The number of carboxylic acids is 2. The van der Waals surface area contributed by atoms with Crippen LogP contribution in [0.2, 0.25) is 0 Å². The first-order valence-corrected chi connectivity index (χ1v) is 5.90. The van der Waals surface area contributed by atoms with Crippen molar-refractivity contribution in [2.24, 2.45) is 5.73 Å². The summed E-state index contributed by atoms with van der Waals surface area (Å²) in [5.74, 6) is -3.83. The summed E-state index contributed by atoms with van der Waals surface area (Å²) < 4.78 is 0. The van der Waals surface area contributed by atoms with Crippen LogP contribution < -0.4 is 281 Å². The maximum absolute atomic E-state index is 11.6. The number of nitrogens with two attached hydrogens (primary N) is 1. The number of rotatable bonds is 7. The number of halogens is 2. The predicted octanol–water partition coefficient (Wildman–Crippen LogP) is -23.9. The second-order valence-corrected chi connectivity index (χ2v) is 4.25. The molecule has 14 heteroatoms. The maximum Gasteiger partial charge on any atom is 1.00 e. The van der Waals surface area contributed by atoms with Crippen LogP contribution in [0.5, 0.6) is 0 Å². The fourth-order valence-electron chi connectivity index (χ4n) is 1.59. The van der Waals surface area contributed by atoms with Crippen LogP contribution in [0.25, 0.3) is 0 Å². The van der Waals surface area contributed by atoms with Gasteiger partial charge < -0.3 is 57.1 Å². The van der Waals surface area contributed by atoms with Crippen LogP contribution in [0.15, 0.2) is 30.3 Å². The van der Waals surface area contributed by atoms with E-state index in [0.717, 1.165) is 0 Å². The maximum atomic E-state index is 11.6. The molecule has 0 aliphatic heterocycles. The third kappa shape index (κ3) is 24.6. The topological polar surface area (TPSA) is 135 Å². The summed E-state index contributed by atoms with van der Waals surface area (Å²) in [7, 11) is 0. The van der Waals surface area contributed by atoms with Crippen LogP contribution in [0.4, 0.5) is 0 Å². The van der Waals surface area contributed by atoms with Gasteiger partial charge in [-0.15, -0.1) is 0 Å². The molecule has 1 rings (SSSR count). The van der Waals surface area contributed by atoms with E-state index >= 15 is 0 Å². The fraction of sp³-hybridized carbons (Fsp3) is 0.308. The van der Waals surface area contributed by atoms with Crippen LogP contribution in [-0.2, 0) is 20.8 Å². The smallest absolute Gasteiger partial charge is 1.00 e. The molecule has 7 nitrogen and oxygen atoms in total.